The van der Waals surface area contributed by atoms with Crippen molar-refractivity contribution in [3.05, 3.63) is 29.8 Å². The molecule has 5 nitrogen and oxygen atoms in total. The Balaban J connectivity index is 1.59. The molecular formula is C19H28N2O3. The predicted octanol–water partition coefficient (Wildman–Crippen LogP) is 2.60. The topological polar surface area (TPSA) is 50.8 Å². The highest BCUT2D eigenvalue weighted by Crippen LogP contribution is 2.20. The summed E-state index contributed by atoms with van der Waals surface area (Å²) >= 11 is 0. The van der Waals surface area contributed by atoms with Crippen molar-refractivity contribution >= 4 is 11.6 Å². The summed E-state index contributed by atoms with van der Waals surface area (Å²) < 4.78 is 11.1. The van der Waals surface area contributed by atoms with E-state index in [1.165, 1.54) is 24.9 Å². The summed E-state index contributed by atoms with van der Waals surface area (Å²) in [5, 5.41) is 3.11. The number of amides is 1. The molecule has 5 heteroatoms. The molecule has 1 amide bonds. The lowest BCUT2D eigenvalue weighted by atomic mass is 10.0. The van der Waals surface area contributed by atoms with Crippen molar-refractivity contribution in [3.8, 4) is 0 Å². The molecule has 1 N–H and O–H groups in total. The molecule has 2 aliphatic heterocycles. The van der Waals surface area contributed by atoms with E-state index in [1.807, 2.05) is 19.1 Å². The van der Waals surface area contributed by atoms with Gasteiger partial charge in [-0.05, 0) is 56.9 Å². The van der Waals surface area contributed by atoms with Crippen molar-refractivity contribution in [2.45, 2.75) is 44.8 Å². The van der Waals surface area contributed by atoms with Crippen molar-refractivity contribution < 1.29 is 14.3 Å². The predicted molar refractivity (Wildman–Crippen MR) is 94.6 cm³/mol. The summed E-state index contributed by atoms with van der Waals surface area (Å²) in [4.78, 5) is 14.9. The Morgan fingerprint density at radius 3 is 2.71 bits per heavy atom. The molecule has 1 aromatic carbocycles. The lowest BCUT2D eigenvalue weighted by Crippen LogP contribution is -2.50. The number of hydrogen-bond donors (Lipinski definition) is 1. The van der Waals surface area contributed by atoms with Gasteiger partial charge in [0.05, 0.1) is 12.6 Å². The van der Waals surface area contributed by atoms with Crippen LogP contribution in [0, 0.1) is 0 Å². The molecule has 2 saturated heterocycles. The van der Waals surface area contributed by atoms with Gasteiger partial charge in [0.1, 0.15) is 6.10 Å². The van der Waals surface area contributed by atoms with E-state index in [1.54, 1.807) is 0 Å². The average molecular weight is 332 g/mol. The second-order valence-electron chi connectivity index (χ2n) is 6.53. The highest BCUT2D eigenvalue weighted by molar-refractivity contribution is 5.94. The lowest BCUT2D eigenvalue weighted by Gasteiger charge is -2.32. The fourth-order valence-electron chi connectivity index (χ4n) is 3.48. The average Bonchev–Trinajstić information content (AvgIpc) is 2.64. The third kappa shape index (κ3) is 4.28. The third-order valence-corrected chi connectivity index (χ3v) is 4.85. The number of piperidine rings is 1. The van der Waals surface area contributed by atoms with Crippen LogP contribution in [0.4, 0.5) is 5.69 Å². The van der Waals surface area contributed by atoms with E-state index in [9.17, 15) is 4.79 Å². The Kier molecular flexibility index (Phi) is 6.10. The molecule has 0 aliphatic carbocycles. The molecule has 2 fully saturated rings. The number of hydrogen-bond acceptors (Lipinski definition) is 4. The SMILES string of the molecule is CCO[C@@H]1COCC[C@H]1NC(=O)c1ccc(N2CCCCC2)cc1. The number of nitrogens with zero attached hydrogens (tertiary/aromatic N) is 1. The Morgan fingerprint density at radius 2 is 2.00 bits per heavy atom. The fourth-order valence-corrected chi connectivity index (χ4v) is 3.48. The Labute approximate surface area is 144 Å². The van der Waals surface area contributed by atoms with Gasteiger partial charge in [-0.2, -0.15) is 0 Å². The van der Waals surface area contributed by atoms with Crippen molar-refractivity contribution in [1.29, 1.82) is 0 Å². The maximum absolute atomic E-state index is 12.5. The number of benzene rings is 1. The van der Waals surface area contributed by atoms with E-state index in [2.05, 4.69) is 22.3 Å². The first-order chi connectivity index (χ1) is 11.8. The lowest BCUT2D eigenvalue weighted by molar-refractivity contribution is -0.0632. The van der Waals surface area contributed by atoms with Crippen LogP contribution >= 0.6 is 0 Å². The number of anilines is 1. The first-order valence-corrected chi connectivity index (χ1v) is 9.13. The molecule has 2 atom stereocenters. The van der Waals surface area contributed by atoms with Crippen molar-refractivity contribution in [3.63, 3.8) is 0 Å². The van der Waals surface area contributed by atoms with Crippen molar-refractivity contribution in [2.75, 3.05) is 37.8 Å². The zero-order valence-corrected chi connectivity index (χ0v) is 14.5. The maximum atomic E-state index is 12.5. The van der Waals surface area contributed by atoms with Gasteiger partial charge in [0.2, 0.25) is 0 Å². The second-order valence-corrected chi connectivity index (χ2v) is 6.53. The smallest absolute Gasteiger partial charge is 0.251 e. The van der Waals surface area contributed by atoms with E-state index in [4.69, 9.17) is 9.47 Å². The molecule has 24 heavy (non-hydrogen) atoms. The van der Waals surface area contributed by atoms with Gasteiger partial charge < -0.3 is 19.7 Å². The second kappa shape index (κ2) is 8.49. The quantitative estimate of drug-likeness (QED) is 0.900. The normalized spacial score (nSPS) is 24.6. The minimum atomic E-state index is -0.0553. The van der Waals surface area contributed by atoms with Crippen LogP contribution in [0.5, 0.6) is 0 Å². The van der Waals surface area contributed by atoms with Crippen LogP contribution in [-0.2, 0) is 9.47 Å². The molecule has 2 heterocycles. The number of carbonyl (C=O) groups is 1. The monoisotopic (exact) mass is 332 g/mol. The van der Waals surface area contributed by atoms with E-state index >= 15 is 0 Å². The van der Waals surface area contributed by atoms with Crippen LogP contribution < -0.4 is 10.2 Å². The molecule has 132 valence electrons. The summed E-state index contributed by atoms with van der Waals surface area (Å²) in [5.74, 6) is -0.0307. The minimum absolute atomic E-state index is 0.0213. The summed E-state index contributed by atoms with van der Waals surface area (Å²) in [6.45, 7) is 6.04. The number of rotatable bonds is 5. The highest BCUT2D eigenvalue weighted by Gasteiger charge is 2.27. The van der Waals surface area contributed by atoms with Gasteiger partial charge in [-0.3, -0.25) is 4.79 Å². The molecule has 0 aromatic heterocycles. The summed E-state index contributed by atoms with van der Waals surface area (Å²) in [6, 6.07) is 7.99. The largest absolute Gasteiger partial charge is 0.379 e. The van der Waals surface area contributed by atoms with E-state index in [0.717, 1.165) is 19.5 Å². The molecule has 0 bridgehead atoms. The highest BCUT2D eigenvalue weighted by atomic mass is 16.5. The number of nitrogens with one attached hydrogen (secondary N) is 1. The zero-order chi connectivity index (χ0) is 16.8. The Morgan fingerprint density at radius 1 is 1.25 bits per heavy atom. The van der Waals surface area contributed by atoms with Crippen molar-refractivity contribution in [1.82, 2.24) is 5.32 Å². The molecule has 2 aliphatic rings. The number of ether oxygens (including phenoxy) is 2. The minimum Gasteiger partial charge on any atom is -0.379 e. The molecular weight excluding hydrogens is 304 g/mol. The van der Waals surface area contributed by atoms with Gasteiger partial charge in [0.25, 0.3) is 5.91 Å². The molecule has 0 spiro atoms. The molecule has 1 aromatic rings. The Bertz CT molecular complexity index is 524. The van der Waals surface area contributed by atoms with Crippen LogP contribution in [0.15, 0.2) is 24.3 Å². The van der Waals surface area contributed by atoms with Gasteiger partial charge >= 0.3 is 0 Å². The third-order valence-electron chi connectivity index (χ3n) is 4.85. The fraction of sp³-hybridized carbons (Fsp3) is 0.632. The van der Waals surface area contributed by atoms with Gasteiger partial charge in [0, 0.05) is 37.6 Å². The molecule has 0 unspecified atom stereocenters. The zero-order valence-electron chi connectivity index (χ0n) is 14.5. The van der Waals surface area contributed by atoms with Crippen LogP contribution in [0.2, 0.25) is 0 Å². The van der Waals surface area contributed by atoms with E-state index < -0.39 is 0 Å². The Hall–Kier alpha value is -1.59. The molecule has 0 saturated carbocycles. The van der Waals surface area contributed by atoms with Crippen LogP contribution in [0.25, 0.3) is 0 Å². The number of carbonyl (C=O) groups excluding carboxylic acids is 1. The van der Waals surface area contributed by atoms with Gasteiger partial charge in [-0.1, -0.05) is 0 Å². The van der Waals surface area contributed by atoms with E-state index in [0.29, 0.717) is 25.4 Å². The van der Waals surface area contributed by atoms with Crippen LogP contribution in [0.1, 0.15) is 43.0 Å². The maximum Gasteiger partial charge on any atom is 0.251 e. The summed E-state index contributed by atoms with van der Waals surface area (Å²) in [6.07, 6.45) is 4.57. The standard InChI is InChI=1S/C19H28N2O3/c1-2-24-18-14-23-13-10-17(18)20-19(22)15-6-8-16(9-7-15)21-11-4-3-5-12-21/h6-9,17-18H,2-5,10-14H2,1H3,(H,20,22)/t17-,18-/m1/s1. The van der Waals surface area contributed by atoms with E-state index in [-0.39, 0.29) is 18.1 Å². The van der Waals surface area contributed by atoms with Gasteiger partial charge in [0.15, 0.2) is 0 Å². The van der Waals surface area contributed by atoms with Crippen LogP contribution in [0.3, 0.4) is 0 Å². The molecule has 0 radical (unpaired) electrons. The first-order valence-electron chi connectivity index (χ1n) is 9.13. The van der Waals surface area contributed by atoms with Gasteiger partial charge in [-0.15, -0.1) is 0 Å². The first kappa shape index (κ1) is 17.2. The summed E-state index contributed by atoms with van der Waals surface area (Å²) in [7, 11) is 0. The van der Waals surface area contributed by atoms with Crippen LogP contribution in [-0.4, -0.2) is 51.0 Å². The summed E-state index contributed by atoms with van der Waals surface area (Å²) in [5.41, 5.74) is 1.92. The molecule has 3 rings (SSSR count). The van der Waals surface area contributed by atoms with Gasteiger partial charge in [-0.25, -0.2) is 0 Å². The van der Waals surface area contributed by atoms with Crippen molar-refractivity contribution in [2.24, 2.45) is 0 Å².